The molecule has 3 rings (SSSR count). The standard InChI is InChI=1S/C19H23N/c1-14-4-3-5-16(12-14)10-11-20-19-9-8-17-7-6-15(2)13-18(17)19/h3-7,12-13,19-20H,8-11H2,1-2H3. The summed E-state index contributed by atoms with van der Waals surface area (Å²) >= 11 is 0. The summed E-state index contributed by atoms with van der Waals surface area (Å²) in [6.07, 6.45) is 3.57. The summed E-state index contributed by atoms with van der Waals surface area (Å²) in [5, 5.41) is 3.73. The van der Waals surface area contributed by atoms with Crippen LogP contribution in [-0.4, -0.2) is 6.54 Å². The van der Waals surface area contributed by atoms with Crippen molar-refractivity contribution in [1.29, 1.82) is 0 Å². The van der Waals surface area contributed by atoms with Gasteiger partial charge in [-0.1, -0.05) is 53.6 Å². The molecule has 1 atom stereocenters. The van der Waals surface area contributed by atoms with E-state index < -0.39 is 0 Å². The first kappa shape index (κ1) is 13.4. The minimum Gasteiger partial charge on any atom is -0.310 e. The van der Waals surface area contributed by atoms with Crippen LogP contribution in [-0.2, 0) is 12.8 Å². The second-order valence-electron chi connectivity index (χ2n) is 5.99. The number of fused-ring (bicyclic) bond motifs is 1. The van der Waals surface area contributed by atoms with Crippen LogP contribution in [0, 0.1) is 13.8 Å². The van der Waals surface area contributed by atoms with Crippen molar-refractivity contribution >= 4 is 0 Å². The molecule has 0 aliphatic heterocycles. The maximum absolute atomic E-state index is 3.73. The Hall–Kier alpha value is -1.60. The summed E-state index contributed by atoms with van der Waals surface area (Å²) in [6, 6.07) is 16.3. The molecule has 1 aliphatic rings. The Morgan fingerprint density at radius 3 is 2.75 bits per heavy atom. The van der Waals surface area contributed by atoms with Crippen LogP contribution in [0.25, 0.3) is 0 Å². The molecular formula is C19H23N. The van der Waals surface area contributed by atoms with Crippen LogP contribution < -0.4 is 5.32 Å². The van der Waals surface area contributed by atoms with Crippen molar-refractivity contribution < 1.29 is 0 Å². The smallest absolute Gasteiger partial charge is 0.0326 e. The summed E-state index contributed by atoms with van der Waals surface area (Å²) in [6.45, 7) is 5.40. The fourth-order valence-corrected chi connectivity index (χ4v) is 3.19. The minimum absolute atomic E-state index is 0.551. The quantitative estimate of drug-likeness (QED) is 0.876. The van der Waals surface area contributed by atoms with Crippen LogP contribution in [0.3, 0.4) is 0 Å². The number of benzene rings is 2. The zero-order valence-corrected chi connectivity index (χ0v) is 12.4. The molecule has 1 aliphatic carbocycles. The summed E-state index contributed by atoms with van der Waals surface area (Å²) in [5.74, 6) is 0. The highest BCUT2D eigenvalue weighted by Gasteiger charge is 2.21. The minimum atomic E-state index is 0.551. The third kappa shape index (κ3) is 2.94. The van der Waals surface area contributed by atoms with E-state index in [1.807, 2.05) is 0 Å². The molecule has 104 valence electrons. The van der Waals surface area contributed by atoms with Gasteiger partial charge in [0.25, 0.3) is 0 Å². The van der Waals surface area contributed by atoms with Gasteiger partial charge in [0, 0.05) is 6.04 Å². The molecule has 1 heteroatoms. The normalized spacial score (nSPS) is 17.2. The SMILES string of the molecule is Cc1cccc(CCNC2CCc3ccc(C)cc32)c1. The molecule has 0 radical (unpaired) electrons. The molecule has 20 heavy (non-hydrogen) atoms. The van der Waals surface area contributed by atoms with Crippen molar-refractivity contribution in [3.8, 4) is 0 Å². The summed E-state index contributed by atoms with van der Waals surface area (Å²) in [7, 11) is 0. The molecule has 0 aromatic heterocycles. The van der Waals surface area contributed by atoms with E-state index in [2.05, 4.69) is 61.6 Å². The lowest BCUT2D eigenvalue weighted by molar-refractivity contribution is 0.533. The van der Waals surface area contributed by atoms with Gasteiger partial charge in [0.05, 0.1) is 0 Å². The maximum Gasteiger partial charge on any atom is 0.0326 e. The van der Waals surface area contributed by atoms with Gasteiger partial charge in [-0.2, -0.15) is 0 Å². The van der Waals surface area contributed by atoms with E-state index in [0.29, 0.717) is 6.04 Å². The van der Waals surface area contributed by atoms with Crippen molar-refractivity contribution in [2.24, 2.45) is 0 Å². The molecule has 0 saturated heterocycles. The van der Waals surface area contributed by atoms with Gasteiger partial charge in [0.15, 0.2) is 0 Å². The topological polar surface area (TPSA) is 12.0 Å². The van der Waals surface area contributed by atoms with E-state index in [-0.39, 0.29) is 0 Å². The van der Waals surface area contributed by atoms with Gasteiger partial charge in [0.2, 0.25) is 0 Å². The largest absolute Gasteiger partial charge is 0.310 e. The van der Waals surface area contributed by atoms with E-state index in [1.165, 1.54) is 40.7 Å². The fourth-order valence-electron chi connectivity index (χ4n) is 3.19. The third-order valence-corrected chi connectivity index (χ3v) is 4.27. The average molecular weight is 265 g/mol. The van der Waals surface area contributed by atoms with E-state index >= 15 is 0 Å². The average Bonchev–Trinajstić information content (AvgIpc) is 2.82. The summed E-state index contributed by atoms with van der Waals surface area (Å²) in [4.78, 5) is 0. The molecule has 0 spiro atoms. The molecule has 1 N–H and O–H groups in total. The lowest BCUT2D eigenvalue weighted by atomic mass is 10.0. The number of aryl methyl sites for hydroxylation is 3. The predicted octanol–water partition coefficient (Wildman–Crippen LogP) is 4.12. The Bertz CT molecular complexity index is 600. The molecule has 0 fully saturated rings. The van der Waals surface area contributed by atoms with Crippen LogP contribution in [0.1, 0.15) is 40.3 Å². The zero-order valence-electron chi connectivity index (χ0n) is 12.4. The molecule has 1 unspecified atom stereocenters. The lowest BCUT2D eigenvalue weighted by Crippen LogP contribution is -2.22. The van der Waals surface area contributed by atoms with Gasteiger partial charge in [-0.25, -0.2) is 0 Å². The molecule has 2 aromatic rings. The molecule has 1 nitrogen and oxygen atoms in total. The van der Waals surface area contributed by atoms with Gasteiger partial charge in [0.1, 0.15) is 0 Å². The number of nitrogens with one attached hydrogen (secondary N) is 1. The highest BCUT2D eigenvalue weighted by molar-refractivity contribution is 5.37. The molecule has 0 bridgehead atoms. The van der Waals surface area contributed by atoms with Crippen LogP contribution in [0.5, 0.6) is 0 Å². The van der Waals surface area contributed by atoms with Crippen molar-refractivity contribution in [2.75, 3.05) is 6.54 Å². The Kier molecular flexibility index (Phi) is 3.88. The third-order valence-electron chi connectivity index (χ3n) is 4.27. The second kappa shape index (κ2) is 5.80. The maximum atomic E-state index is 3.73. The summed E-state index contributed by atoms with van der Waals surface area (Å²) in [5.41, 5.74) is 7.21. The van der Waals surface area contributed by atoms with E-state index in [0.717, 1.165) is 13.0 Å². The molecular weight excluding hydrogens is 242 g/mol. The van der Waals surface area contributed by atoms with Gasteiger partial charge in [-0.15, -0.1) is 0 Å². The number of rotatable bonds is 4. The summed E-state index contributed by atoms with van der Waals surface area (Å²) < 4.78 is 0. The van der Waals surface area contributed by atoms with Gasteiger partial charge >= 0.3 is 0 Å². The van der Waals surface area contributed by atoms with Crippen LogP contribution in [0.4, 0.5) is 0 Å². The van der Waals surface area contributed by atoms with Crippen molar-refractivity contribution in [3.05, 3.63) is 70.3 Å². The first-order valence-corrected chi connectivity index (χ1v) is 7.61. The lowest BCUT2D eigenvalue weighted by Gasteiger charge is -2.14. The van der Waals surface area contributed by atoms with E-state index in [4.69, 9.17) is 0 Å². The van der Waals surface area contributed by atoms with Gasteiger partial charge in [-0.3, -0.25) is 0 Å². The Balaban J connectivity index is 1.59. The van der Waals surface area contributed by atoms with E-state index in [9.17, 15) is 0 Å². The van der Waals surface area contributed by atoms with Gasteiger partial charge in [-0.05, 0) is 56.3 Å². The Morgan fingerprint density at radius 1 is 1.05 bits per heavy atom. The molecule has 2 aromatic carbocycles. The fraction of sp³-hybridized carbons (Fsp3) is 0.368. The number of hydrogen-bond donors (Lipinski definition) is 1. The van der Waals surface area contributed by atoms with Crippen molar-refractivity contribution in [3.63, 3.8) is 0 Å². The number of hydrogen-bond acceptors (Lipinski definition) is 1. The first-order chi connectivity index (χ1) is 9.72. The molecule has 0 saturated carbocycles. The molecule has 0 amide bonds. The highest BCUT2D eigenvalue weighted by Crippen LogP contribution is 2.31. The second-order valence-corrected chi connectivity index (χ2v) is 5.99. The predicted molar refractivity (Wildman–Crippen MR) is 85.1 cm³/mol. The van der Waals surface area contributed by atoms with Crippen molar-refractivity contribution in [2.45, 2.75) is 39.2 Å². The van der Waals surface area contributed by atoms with Gasteiger partial charge < -0.3 is 5.32 Å². The monoisotopic (exact) mass is 265 g/mol. The van der Waals surface area contributed by atoms with Crippen LogP contribution >= 0.6 is 0 Å². The van der Waals surface area contributed by atoms with Crippen LogP contribution in [0.15, 0.2) is 42.5 Å². The van der Waals surface area contributed by atoms with Crippen LogP contribution in [0.2, 0.25) is 0 Å². The van der Waals surface area contributed by atoms with E-state index in [1.54, 1.807) is 0 Å². The Morgan fingerprint density at radius 2 is 1.90 bits per heavy atom. The Labute approximate surface area is 122 Å². The zero-order chi connectivity index (χ0) is 13.9. The molecule has 0 heterocycles. The van der Waals surface area contributed by atoms with Crippen molar-refractivity contribution in [1.82, 2.24) is 5.32 Å². The first-order valence-electron chi connectivity index (χ1n) is 7.61. The highest BCUT2D eigenvalue weighted by atomic mass is 14.9.